The van der Waals surface area contributed by atoms with Crippen LogP contribution >= 0.6 is 0 Å². The normalized spacial score (nSPS) is 14.8. The van der Waals surface area contributed by atoms with Crippen LogP contribution in [0.2, 0.25) is 0 Å². The molecule has 0 saturated carbocycles. The first kappa shape index (κ1) is 35.0. The molecule has 1 aliphatic heterocycles. The Balaban J connectivity index is 1.07. The molecule has 250 valence electrons. The fourth-order valence-electron chi connectivity index (χ4n) is 6.30. The number of aliphatic imine (C=N–C) groups is 1. The van der Waals surface area contributed by atoms with Crippen LogP contribution in [-0.2, 0) is 11.3 Å². The number of fused-ring (bicyclic) bond motifs is 3. The molecule has 3 heterocycles. The van der Waals surface area contributed by atoms with Crippen LogP contribution in [0.25, 0.3) is 21.9 Å². The molecule has 0 spiro atoms. The molecule has 3 aromatic rings. The molecule has 1 aromatic carbocycles. The lowest BCUT2D eigenvalue weighted by Gasteiger charge is -2.12. The number of nitrogens with two attached hydrogens (primary N) is 1. The van der Waals surface area contributed by atoms with E-state index in [1.54, 1.807) is 0 Å². The van der Waals surface area contributed by atoms with Crippen LogP contribution in [0.5, 0.6) is 0 Å². The molecular formula is C37H60N6O2. The Morgan fingerprint density at radius 1 is 0.756 bits per heavy atom. The highest BCUT2D eigenvalue weighted by Gasteiger charge is 2.19. The van der Waals surface area contributed by atoms with Crippen molar-refractivity contribution in [1.29, 1.82) is 0 Å². The van der Waals surface area contributed by atoms with Crippen molar-refractivity contribution >= 4 is 33.6 Å². The summed E-state index contributed by atoms with van der Waals surface area (Å²) in [6.07, 6.45) is 27.5. The topological polar surface area (TPSA) is 99.6 Å². The van der Waals surface area contributed by atoms with E-state index in [-0.39, 0.29) is 6.23 Å². The highest BCUT2D eigenvalue weighted by atomic mass is 16.7. The average molecular weight is 621 g/mol. The molecule has 0 bridgehead atoms. The van der Waals surface area contributed by atoms with Gasteiger partial charge in [0.1, 0.15) is 29.3 Å². The van der Waals surface area contributed by atoms with Crippen LogP contribution in [0.1, 0.15) is 155 Å². The van der Waals surface area contributed by atoms with Gasteiger partial charge in [0.2, 0.25) is 0 Å². The number of amidine groups is 1. The maximum atomic E-state index is 6.35. The van der Waals surface area contributed by atoms with Gasteiger partial charge in [0.05, 0.1) is 5.52 Å². The number of unbranched alkanes of at least 4 members (excludes halogenated alkanes) is 16. The van der Waals surface area contributed by atoms with Gasteiger partial charge < -0.3 is 10.6 Å². The molecule has 0 radical (unpaired) electrons. The molecule has 45 heavy (non-hydrogen) atoms. The van der Waals surface area contributed by atoms with E-state index >= 15 is 0 Å². The van der Waals surface area contributed by atoms with Crippen molar-refractivity contribution in [3.63, 3.8) is 0 Å². The minimum Gasteiger partial charge on any atom is -0.412 e. The van der Waals surface area contributed by atoms with Gasteiger partial charge in [-0.2, -0.15) is 4.73 Å². The first-order valence-corrected chi connectivity index (χ1v) is 18.4. The molecule has 0 saturated heterocycles. The van der Waals surface area contributed by atoms with E-state index in [0.29, 0.717) is 12.4 Å². The van der Waals surface area contributed by atoms with Gasteiger partial charge in [-0.15, -0.1) is 0 Å². The van der Waals surface area contributed by atoms with Gasteiger partial charge in [-0.1, -0.05) is 128 Å². The van der Waals surface area contributed by atoms with Gasteiger partial charge in [0.15, 0.2) is 12.0 Å². The van der Waals surface area contributed by atoms with E-state index in [4.69, 9.17) is 25.4 Å². The Bertz CT molecular complexity index is 1290. The van der Waals surface area contributed by atoms with Crippen molar-refractivity contribution in [2.24, 2.45) is 4.99 Å². The molecule has 1 atom stereocenters. The average Bonchev–Trinajstić information content (AvgIpc) is 3.66. The zero-order valence-corrected chi connectivity index (χ0v) is 28.3. The number of rotatable bonds is 25. The lowest BCUT2D eigenvalue weighted by molar-refractivity contribution is 0.0311. The molecule has 2 aromatic heterocycles. The quantitative estimate of drug-likeness (QED) is 0.0915. The SMILES string of the molecule is CCCCCCCCCCCCCCCCCC1N=C(CCCCOn2c(CCCC)nc3c(N)nc4ccccc4c32)NO1. The van der Waals surface area contributed by atoms with E-state index in [2.05, 4.69) is 30.4 Å². The number of nitrogens with zero attached hydrogens (tertiary/aromatic N) is 4. The molecular weight excluding hydrogens is 560 g/mol. The second-order valence-electron chi connectivity index (χ2n) is 12.9. The molecule has 1 aliphatic rings. The summed E-state index contributed by atoms with van der Waals surface area (Å²) >= 11 is 0. The number of aromatic nitrogens is 3. The van der Waals surface area contributed by atoms with Crippen LogP contribution < -0.4 is 16.1 Å². The Morgan fingerprint density at radius 3 is 2.09 bits per heavy atom. The van der Waals surface area contributed by atoms with E-state index in [1.165, 1.54) is 96.3 Å². The molecule has 0 aliphatic carbocycles. The number of hydroxylamine groups is 1. The number of para-hydroxylation sites is 1. The van der Waals surface area contributed by atoms with Gasteiger partial charge in [-0.05, 0) is 38.2 Å². The zero-order valence-electron chi connectivity index (χ0n) is 28.3. The summed E-state index contributed by atoms with van der Waals surface area (Å²) in [5.41, 5.74) is 11.9. The third-order valence-corrected chi connectivity index (χ3v) is 8.99. The highest BCUT2D eigenvalue weighted by molar-refractivity contribution is 6.06. The Morgan fingerprint density at radius 2 is 1.40 bits per heavy atom. The van der Waals surface area contributed by atoms with E-state index < -0.39 is 0 Å². The Hall–Kier alpha value is -2.87. The number of hydrogen-bond donors (Lipinski definition) is 2. The summed E-state index contributed by atoms with van der Waals surface area (Å²) in [7, 11) is 0. The molecule has 8 nitrogen and oxygen atoms in total. The van der Waals surface area contributed by atoms with Crippen molar-refractivity contribution < 1.29 is 9.68 Å². The lowest BCUT2D eigenvalue weighted by Crippen LogP contribution is -2.19. The van der Waals surface area contributed by atoms with Gasteiger partial charge in [0.25, 0.3) is 0 Å². The molecule has 3 N–H and O–H groups in total. The number of pyridine rings is 1. The highest BCUT2D eigenvalue weighted by Crippen LogP contribution is 2.28. The molecule has 1 unspecified atom stereocenters. The number of benzene rings is 1. The smallest absolute Gasteiger partial charge is 0.177 e. The first-order valence-electron chi connectivity index (χ1n) is 18.4. The monoisotopic (exact) mass is 620 g/mol. The molecule has 0 amide bonds. The third-order valence-electron chi connectivity index (χ3n) is 8.99. The third kappa shape index (κ3) is 11.5. The maximum Gasteiger partial charge on any atom is 0.177 e. The summed E-state index contributed by atoms with van der Waals surface area (Å²) in [6.45, 7) is 5.07. The Kier molecular flexibility index (Phi) is 15.8. The predicted molar refractivity (Wildman–Crippen MR) is 188 cm³/mol. The second kappa shape index (κ2) is 20.3. The van der Waals surface area contributed by atoms with Gasteiger partial charge in [-0.25, -0.2) is 19.8 Å². The van der Waals surface area contributed by atoms with E-state index in [9.17, 15) is 0 Å². The largest absolute Gasteiger partial charge is 0.412 e. The number of nitrogens with one attached hydrogen (secondary N) is 1. The van der Waals surface area contributed by atoms with Gasteiger partial charge in [0, 0.05) is 18.2 Å². The lowest BCUT2D eigenvalue weighted by atomic mass is 10.0. The summed E-state index contributed by atoms with van der Waals surface area (Å²) in [5.74, 6) is 2.32. The fourth-order valence-corrected chi connectivity index (χ4v) is 6.30. The molecule has 0 fully saturated rings. The van der Waals surface area contributed by atoms with Crippen LogP contribution in [-0.4, -0.2) is 33.4 Å². The van der Waals surface area contributed by atoms with Crippen LogP contribution in [0.4, 0.5) is 5.82 Å². The molecule has 4 rings (SSSR count). The summed E-state index contributed by atoms with van der Waals surface area (Å²) in [4.78, 5) is 26.3. The van der Waals surface area contributed by atoms with Crippen LogP contribution in [0.3, 0.4) is 0 Å². The number of aryl methyl sites for hydroxylation is 1. The summed E-state index contributed by atoms with van der Waals surface area (Å²) in [6, 6.07) is 8.05. The second-order valence-corrected chi connectivity index (χ2v) is 12.9. The zero-order chi connectivity index (χ0) is 31.5. The number of nitrogen functional groups attached to an aromatic ring is 1. The van der Waals surface area contributed by atoms with Gasteiger partial charge in [-0.3, -0.25) is 5.48 Å². The minimum atomic E-state index is -0.0380. The standard InChI is InChI=1S/C37H60N6O2/c1-3-5-7-8-9-10-11-12-13-14-15-16-17-18-19-28-34-40-32(42-45-34)26-22-23-29-44-43-33(27-6-4-2)41-35-36(43)30-24-20-21-25-31(30)39-37(35)38/h20-21,24-25,34H,3-19,22-23,26-29H2,1-2H3,(H2,38,39)(H,40,42). The number of hydrogen-bond acceptors (Lipinski definition) is 7. The first-order chi connectivity index (χ1) is 22.2. The van der Waals surface area contributed by atoms with Crippen LogP contribution in [0, 0.1) is 0 Å². The summed E-state index contributed by atoms with van der Waals surface area (Å²) in [5, 5.41) is 1.01. The molecule has 8 heteroatoms. The van der Waals surface area contributed by atoms with E-state index in [1.807, 2.05) is 22.9 Å². The van der Waals surface area contributed by atoms with Crippen molar-refractivity contribution in [1.82, 2.24) is 20.2 Å². The predicted octanol–water partition coefficient (Wildman–Crippen LogP) is 9.63. The van der Waals surface area contributed by atoms with Crippen molar-refractivity contribution in [2.45, 2.75) is 161 Å². The Labute approximate surface area is 271 Å². The van der Waals surface area contributed by atoms with E-state index in [0.717, 1.165) is 78.5 Å². The number of anilines is 1. The van der Waals surface area contributed by atoms with Crippen molar-refractivity contribution in [2.75, 3.05) is 12.3 Å². The minimum absolute atomic E-state index is 0.0380. The number of imidazole rings is 1. The van der Waals surface area contributed by atoms with Gasteiger partial charge >= 0.3 is 0 Å². The maximum absolute atomic E-state index is 6.35. The van der Waals surface area contributed by atoms with Crippen molar-refractivity contribution in [3.8, 4) is 0 Å². The van der Waals surface area contributed by atoms with Crippen LogP contribution in [0.15, 0.2) is 29.3 Å². The summed E-state index contributed by atoms with van der Waals surface area (Å²) < 4.78 is 1.91. The van der Waals surface area contributed by atoms with Crippen molar-refractivity contribution in [3.05, 3.63) is 30.1 Å². The fraction of sp³-hybridized carbons (Fsp3) is 0.703.